The van der Waals surface area contributed by atoms with Crippen LogP contribution in [0.4, 0.5) is 5.82 Å². The highest BCUT2D eigenvalue weighted by atomic mass is 16.3. The number of pyridine rings is 1. The molecule has 0 bridgehead atoms. The van der Waals surface area contributed by atoms with Crippen molar-refractivity contribution in [3.63, 3.8) is 0 Å². The lowest BCUT2D eigenvalue weighted by molar-refractivity contribution is 0.199. The van der Waals surface area contributed by atoms with Crippen LogP contribution in [-0.2, 0) is 0 Å². The Morgan fingerprint density at radius 2 is 2.39 bits per heavy atom. The zero-order valence-electron chi connectivity index (χ0n) is 10.9. The maximum Gasteiger partial charge on any atom is 0.128 e. The molecule has 0 aromatic carbocycles. The van der Waals surface area contributed by atoms with Crippen LogP contribution in [0.5, 0.6) is 0 Å². The lowest BCUT2D eigenvalue weighted by atomic mass is 9.95. The van der Waals surface area contributed by atoms with Gasteiger partial charge in [0.05, 0.1) is 6.10 Å². The molecule has 100 valence electrons. The van der Waals surface area contributed by atoms with Gasteiger partial charge in [-0.1, -0.05) is 0 Å². The van der Waals surface area contributed by atoms with Gasteiger partial charge in [-0.25, -0.2) is 4.98 Å². The van der Waals surface area contributed by atoms with E-state index in [1.54, 1.807) is 13.1 Å². The van der Waals surface area contributed by atoms with Crippen molar-refractivity contribution >= 4 is 5.82 Å². The Hall–Kier alpha value is -1.13. The van der Waals surface area contributed by atoms with Gasteiger partial charge in [-0.2, -0.15) is 0 Å². The van der Waals surface area contributed by atoms with Gasteiger partial charge in [0.1, 0.15) is 5.82 Å². The molecule has 0 radical (unpaired) electrons. The van der Waals surface area contributed by atoms with E-state index < -0.39 is 6.10 Å². The van der Waals surface area contributed by atoms with E-state index in [1.807, 2.05) is 12.1 Å². The van der Waals surface area contributed by atoms with Crippen molar-refractivity contribution in [2.75, 3.05) is 24.6 Å². The number of hydrogen-bond acceptors (Lipinski definition) is 4. The Kier molecular flexibility index (Phi) is 4.55. The quantitative estimate of drug-likeness (QED) is 0.854. The van der Waals surface area contributed by atoms with Crippen molar-refractivity contribution < 1.29 is 10.2 Å². The van der Waals surface area contributed by atoms with Crippen molar-refractivity contribution in [1.82, 2.24) is 4.98 Å². The molecule has 4 heteroatoms. The average Bonchev–Trinajstić information content (AvgIpc) is 2.39. The van der Waals surface area contributed by atoms with Crippen LogP contribution in [0, 0.1) is 5.92 Å². The second kappa shape index (κ2) is 6.16. The van der Waals surface area contributed by atoms with E-state index in [2.05, 4.69) is 9.88 Å². The molecule has 2 atom stereocenters. The van der Waals surface area contributed by atoms with Crippen LogP contribution < -0.4 is 4.90 Å². The lowest BCUT2D eigenvalue weighted by Gasteiger charge is -2.33. The summed E-state index contributed by atoms with van der Waals surface area (Å²) in [5.41, 5.74) is 0.907. The van der Waals surface area contributed by atoms with Gasteiger partial charge in [-0.15, -0.1) is 0 Å². The fourth-order valence-corrected chi connectivity index (χ4v) is 2.56. The molecule has 1 saturated heterocycles. The summed E-state index contributed by atoms with van der Waals surface area (Å²) in [6.07, 6.45) is 4.50. The standard InChI is InChI=1S/C14H22N2O2/c1-11(18)13-4-6-15-14(9-13)16-7-2-3-12(10-16)5-8-17/h4,6,9,11-12,17-18H,2-3,5,7-8,10H2,1H3/t11-,12?/m0/s1. The monoisotopic (exact) mass is 250 g/mol. The van der Waals surface area contributed by atoms with Crippen molar-refractivity contribution in [3.8, 4) is 0 Å². The molecule has 1 fully saturated rings. The zero-order valence-corrected chi connectivity index (χ0v) is 10.9. The average molecular weight is 250 g/mol. The van der Waals surface area contributed by atoms with E-state index in [0.29, 0.717) is 5.92 Å². The molecule has 0 amide bonds. The molecular formula is C14H22N2O2. The highest BCUT2D eigenvalue weighted by Gasteiger charge is 2.20. The fraction of sp³-hybridized carbons (Fsp3) is 0.643. The van der Waals surface area contributed by atoms with Crippen molar-refractivity contribution in [3.05, 3.63) is 23.9 Å². The largest absolute Gasteiger partial charge is 0.396 e. The van der Waals surface area contributed by atoms with Crippen LogP contribution in [0.25, 0.3) is 0 Å². The Bertz CT molecular complexity index is 380. The topological polar surface area (TPSA) is 56.6 Å². The summed E-state index contributed by atoms with van der Waals surface area (Å²) in [7, 11) is 0. The fourth-order valence-electron chi connectivity index (χ4n) is 2.56. The molecule has 1 aromatic rings. The summed E-state index contributed by atoms with van der Waals surface area (Å²) in [4.78, 5) is 6.65. The summed E-state index contributed by atoms with van der Waals surface area (Å²) in [5.74, 6) is 1.50. The Balaban J connectivity index is 2.08. The smallest absolute Gasteiger partial charge is 0.128 e. The number of hydrogen-bond donors (Lipinski definition) is 2. The van der Waals surface area contributed by atoms with Crippen LogP contribution >= 0.6 is 0 Å². The predicted molar refractivity (Wildman–Crippen MR) is 71.5 cm³/mol. The number of aliphatic hydroxyl groups excluding tert-OH is 2. The van der Waals surface area contributed by atoms with Gasteiger partial charge in [0.15, 0.2) is 0 Å². The molecule has 1 unspecified atom stereocenters. The predicted octanol–water partition coefficient (Wildman–Crippen LogP) is 1.73. The van der Waals surface area contributed by atoms with E-state index >= 15 is 0 Å². The molecule has 1 aliphatic rings. The molecule has 2 rings (SSSR count). The van der Waals surface area contributed by atoms with E-state index in [4.69, 9.17) is 5.11 Å². The lowest BCUT2D eigenvalue weighted by Crippen LogP contribution is -2.36. The molecular weight excluding hydrogens is 228 g/mol. The van der Waals surface area contributed by atoms with Crippen LogP contribution in [-0.4, -0.2) is 34.9 Å². The van der Waals surface area contributed by atoms with Gasteiger partial charge < -0.3 is 15.1 Å². The molecule has 1 aliphatic heterocycles. The molecule has 18 heavy (non-hydrogen) atoms. The first-order chi connectivity index (χ1) is 8.70. The van der Waals surface area contributed by atoms with Crippen molar-refractivity contribution in [2.24, 2.45) is 5.92 Å². The first kappa shape index (κ1) is 13.3. The van der Waals surface area contributed by atoms with Gasteiger partial charge in [0.25, 0.3) is 0 Å². The molecule has 0 aliphatic carbocycles. The van der Waals surface area contributed by atoms with E-state index in [1.165, 1.54) is 6.42 Å². The van der Waals surface area contributed by atoms with Crippen molar-refractivity contribution in [1.29, 1.82) is 0 Å². The van der Waals surface area contributed by atoms with Gasteiger partial charge in [-0.05, 0) is 49.8 Å². The summed E-state index contributed by atoms with van der Waals surface area (Å²) < 4.78 is 0. The SMILES string of the molecule is C[C@H](O)c1ccnc(N2CCCC(CCO)C2)c1. The third kappa shape index (κ3) is 3.21. The molecule has 2 heterocycles. The highest BCUT2D eigenvalue weighted by Crippen LogP contribution is 2.25. The summed E-state index contributed by atoms with van der Waals surface area (Å²) >= 11 is 0. The zero-order chi connectivity index (χ0) is 13.0. The molecule has 4 nitrogen and oxygen atoms in total. The number of rotatable bonds is 4. The highest BCUT2D eigenvalue weighted by molar-refractivity contribution is 5.42. The maximum atomic E-state index is 9.60. The third-order valence-electron chi connectivity index (χ3n) is 3.63. The first-order valence-corrected chi connectivity index (χ1v) is 6.70. The van der Waals surface area contributed by atoms with Crippen LogP contribution in [0.3, 0.4) is 0 Å². The minimum Gasteiger partial charge on any atom is -0.396 e. The van der Waals surface area contributed by atoms with Crippen LogP contribution in [0.1, 0.15) is 37.9 Å². The summed E-state index contributed by atoms with van der Waals surface area (Å²) in [6, 6.07) is 3.81. The van der Waals surface area contributed by atoms with E-state index in [9.17, 15) is 5.11 Å². The molecule has 2 N–H and O–H groups in total. The van der Waals surface area contributed by atoms with Gasteiger partial charge in [0.2, 0.25) is 0 Å². The second-order valence-corrected chi connectivity index (χ2v) is 5.09. The number of piperidine rings is 1. The number of nitrogens with zero attached hydrogens (tertiary/aromatic N) is 2. The first-order valence-electron chi connectivity index (χ1n) is 6.70. The molecule has 1 aromatic heterocycles. The van der Waals surface area contributed by atoms with Gasteiger partial charge >= 0.3 is 0 Å². The Morgan fingerprint density at radius 3 is 3.11 bits per heavy atom. The molecule has 0 spiro atoms. The van der Waals surface area contributed by atoms with Gasteiger partial charge in [0, 0.05) is 25.9 Å². The Labute approximate surface area is 108 Å². The van der Waals surface area contributed by atoms with Gasteiger partial charge in [-0.3, -0.25) is 0 Å². The van der Waals surface area contributed by atoms with E-state index in [0.717, 1.165) is 37.3 Å². The van der Waals surface area contributed by atoms with Crippen LogP contribution in [0.15, 0.2) is 18.3 Å². The summed E-state index contributed by atoms with van der Waals surface area (Å²) in [6.45, 7) is 4.00. The second-order valence-electron chi connectivity index (χ2n) is 5.09. The number of aliphatic hydroxyl groups is 2. The minimum absolute atomic E-state index is 0.264. The minimum atomic E-state index is -0.454. The van der Waals surface area contributed by atoms with Crippen molar-refractivity contribution in [2.45, 2.75) is 32.3 Å². The van der Waals surface area contributed by atoms with Crippen LogP contribution in [0.2, 0.25) is 0 Å². The number of anilines is 1. The molecule has 0 saturated carbocycles. The number of aromatic nitrogens is 1. The van der Waals surface area contributed by atoms with E-state index in [-0.39, 0.29) is 6.61 Å². The Morgan fingerprint density at radius 1 is 1.56 bits per heavy atom. The normalized spacial score (nSPS) is 21.9. The summed E-state index contributed by atoms with van der Waals surface area (Å²) in [5, 5.41) is 18.6. The third-order valence-corrected chi connectivity index (χ3v) is 3.63. The maximum absolute atomic E-state index is 9.60.